The van der Waals surface area contributed by atoms with Crippen molar-refractivity contribution < 1.29 is 14.3 Å². The van der Waals surface area contributed by atoms with Crippen molar-refractivity contribution in [1.82, 2.24) is 10.9 Å². The number of carbonyl (C=O) groups is 2. The van der Waals surface area contributed by atoms with Crippen LogP contribution in [0, 0.1) is 11.8 Å². The van der Waals surface area contributed by atoms with E-state index in [-0.39, 0.29) is 29.8 Å². The predicted octanol–water partition coefficient (Wildman–Crippen LogP) is 0.348. The van der Waals surface area contributed by atoms with Gasteiger partial charge in [-0.25, -0.2) is 11.7 Å². The molecular formula is C14H28N4O3. The van der Waals surface area contributed by atoms with Gasteiger partial charge in [0.05, 0.1) is 6.10 Å². The summed E-state index contributed by atoms with van der Waals surface area (Å²) in [6.07, 6.45) is 6.10. The zero-order chi connectivity index (χ0) is 15.7. The van der Waals surface area contributed by atoms with E-state index in [1.807, 2.05) is 0 Å². The third-order valence-corrected chi connectivity index (χ3v) is 4.04. The largest absolute Gasteiger partial charge is 0.378 e. The van der Waals surface area contributed by atoms with Crippen molar-refractivity contribution in [3.8, 4) is 0 Å². The van der Waals surface area contributed by atoms with Crippen LogP contribution >= 0.6 is 0 Å². The van der Waals surface area contributed by atoms with Crippen LogP contribution in [0.1, 0.15) is 51.9 Å². The summed E-state index contributed by atoms with van der Waals surface area (Å²) >= 11 is 0. The molecule has 6 N–H and O–H groups in total. The molecule has 1 aliphatic carbocycles. The first-order valence-corrected chi connectivity index (χ1v) is 7.74. The molecule has 1 rings (SSSR count). The van der Waals surface area contributed by atoms with Crippen molar-refractivity contribution in [3.63, 3.8) is 0 Å². The van der Waals surface area contributed by atoms with Gasteiger partial charge in [-0.05, 0) is 25.7 Å². The van der Waals surface area contributed by atoms with E-state index < -0.39 is 0 Å². The van der Waals surface area contributed by atoms with E-state index in [2.05, 4.69) is 17.8 Å². The molecule has 0 aromatic carbocycles. The van der Waals surface area contributed by atoms with Crippen molar-refractivity contribution in [3.05, 3.63) is 0 Å². The lowest BCUT2D eigenvalue weighted by Crippen LogP contribution is -2.46. The van der Waals surface area contributed by atoms with Gasteiger partial charge in [-0.3, -0.25) is 20.4 Å². The number of hydrogen-bond donors (Lipinski definition) is 4. The van der Waals surface area contributed by atoms with Crippen LogP contribution in [0.3, 0.4) is 0 Å². The molecule has 7 heteroatoms. The summed E-state index contributed by atoms with van der Waals surface area (Å²) in [5.74, 6) is 9.29. The van der Waals surface area contributed by atoms with Crippen LogP contribution in [-0.2, 0) is 14.3 Å². The lowest BCUT2D eigenvalue weighted by Gasteiger charge is -2.32. The Kier molecular flexibility index (Phi) is 8.26. The topological polar surface area (TPSA) is 119 Å². The molecule has 2 atom stereocenters. The van der Waals surface area contributed by atoms with Crippen LogP contribution in [0.25, 0.3) is 0 Å². The maximum atomic E-state index is 11.7. The molecule has 0 radical (unpaired) electrons. The second-order valence-corrected chi connectivity index (χ2v) is 5.67. The highest BCUT2D eigenvalue weighted by Crippen LogP contribution is 2.31. The van der Waals surface area contributed by atoms with Crippen LogP contribution in [0.2, 0.25) is 0 Å². The second-order valence-electron chi connectivity index (χ2n) is 5.67. The number of nitrogens with two attached hydrogens (primary N) is 2. The number of carbonyl (C=O) groups excluding carboxylic acids is 2. The maximum Gasteiger partial charge on any atom is 0.237 e. The minimum atomic E-state index is -0.299. The van der Waals surface area contributed by atoms with Crippen molar-refractivity contribution in [2.75, 3.05) is 6.61 Å². The molecule has 122 valence electrons. The molecular weight excluding hydrogens is 272 g/mol. The Morgan fingerprint density at radius 3 is 2.05 bits per heavy atom. The van der Waals surface area contributed by atoms with E-state index in [1.54, 1.807) is 0 Å². The van der Waals surface area contributed by atoms with Gasteiger partial charge in [-0.15, -0.1) is 0 Å². The fourth-order valence-electron chi connectivity index (χ4n) is 2.85. The first-order valence-electron chi connectivity index (χ1n) is 7.74. The van der Waals surface area contributed by atoms with Crippen LogP contribution in [0.15, 0.2) is 0 Å². The molecule has 1 saturated carbocycles. The van der Waals surface area contributed by atoms with E-state index in [9.17, 15) is 9.59 Å². The van der Waals surface area contributed by atoms with Gasteiger partial charge in [0, 0.05) is 18.4 Å². The average Bonchev–Trinajstić information content (AvgIpc) is 2.52. The van der Waals surface area contributed by atoms with Gasteiger partial charge < -0.3 is 4.74 Å². The van der Waals surface area contributed by atoms with Gasteiger partial charge in [0.2, 0.25) is 11.8 Å². The molecule has 0 heterocycles. The normalized spacial score (nSPS) is 25.4. The molecule has 21 heavy (non-hydrogen) atoms. The summed E-state index contributed by atoms with van der Waals surface area (Å²) in [6, 6.07) is 0. The van der Waals surface area contributed by atoms with Crippen LogP contribution < -0.4 is 22.5 Å². The molecule has 0 bridgehead atoms. The van der Waals surface area contributed by atoms with Crippen LogP contribution in [-0.4, -0.2) is 24.5 Å². The van der Waals surface area contributed by atoms with Gasteiger partial charge in [0.15, 0.2) is 0 Å². The van der Waals surface area contributed by atoms with Gasteiger partial charge in [-0.1, -0.05) is 26.2 Å². The number of amides is 2. The Morgan fingerprint density at radius 2 is 1.57 bits per heavy atom. The fourth-order valence-corrected chi connectivity index (χ4v) is 2.85. The van der Waals surface area contributed by atoms with Crippen molar-refractivity contribution in [2.24, 2.45) is 23.5 Å². The quantitative estimate of drug-likeness (QED) is 0.223. The van der Waals surface area contributed by atoms with E-state index in [0.29, 0.717) is 25.9 Å². The van der Waals surface area contributed by atoms with Crippen molar-refractivity contribution in [1.29, 1.82) is 0 Å². The van der Waals surface area contributed by atoms with E-state index >= 15 is 0 Å². The number of ether oxygens (including phenoxy) is 1. The van der Waals surface area contributed by atoms with E-state index in [0.717, 1.165) is 12.8 Å². The highest BCUT2D eigenvalue weighted by molar-refractivity contribution is 5.82. The van der Waals surface area contributed by atoms with Crippen molar-refractivity contribution >= 4 is 11.8 Å². The monoisotopic (exact) mass is 300 g/mol. The third-order valence-electron chi connectivity index (χ3n) is 4.04. The lowest BCUT2D eigenvalue weighted by molar-refractivity contribution is -0.134. The lowest BCUT2D eigenvalue weighted by atomic mass is 9.79. The minimum absolute atomic E-state index is 0.0926. The smallest absolute Gasteiger partial charge is 0.237 e. The zero-order valence-electron chi connectivity index (χ0n) is 12.8. The number of hydrogen-bond acceptors (Lipinski definition) is 5. The Hall–Kier alpha value is -1.18. The Morgan fingerprint density at radius 1 is 1.00 bits per heavy atom. The number of hydrazine groups is 2. The predicted molar refractivity (Wildman–Crippen MR) is 79.4 cm³/mol. The zero-order valence-corrected chi connectivity index (χ0v) is 12.8. The van der Waals surface area contributed by atoms with Crippen LogP contribution in [0.5, 0.6) is 0 Å². The molecule has 2 amide bonds. The van der Waals surface area contributed by atoms with E-state index in [1.165, 1.54) is 12.8 Å². The fraction of sp³-hybridized carbons (Fsp3) is 0.857. The summed E-state index contributed by atoms with van der Waals surface area (Å²) in [5, 5.41) is 0. The maximum absolute atomic E-state index is 11.7. The molecule has 0 spiro atoms. The summed E-state index contributed by atoms with van der Waals surface area (Å²) < 4.78 is 5.84. The highest BCUT2D eigenvalue weighted by atomic mass is 16.5. The Bertz CT molecular complexity index is 314. The third kappa shape index (κ3) is 5.99. The Labute approximate surface area is 126 Å². The van der Waals surface area contributed by atoms with Gasteiger partial charge >= 0.3 is 0 Å². The average molecular weight is 300 g/mol. The molecule has 0 aromatic rings. The molecule has 1 aliphatic rings. The number of nitrogens with one attached hydrogen (secondary N) is 2. The summed E-state index contributed by atoms with van der Waals surface area (Å²) in [6.45, 7) is 2.83. The SMILES string of the molecule is CCCCCCOC1CC(C(=O)NN)CC(C(=O)NN)C1. The van der Waals surface area contributed by atoms with Gasteiger partial charge in [0.25, 0.3) is 0 Å². The molecule has 0 aromatic heterocycles. The van der Waals surface area contributed by atoms with Gasteiger partial charge in [0.1, 0.15) is 0 Å². The summed E-state index contributed by atoms with van der Waals surface area (Å²) in [7, 11) is 0. The van der Waals surface area contributed by atoms with Crippen molar-refractivity contribution in [2.45, 2.75) is 58.0 Å². The summed E-state index contributed by atoms with van der Waals surface area (Å²) in [5.41, 5.74) is 4.32. The first-order chi connectivity index (χ1) is 10.1. The molecule has 2 unspecified atom stereocenters. The Balaban J connectivity index is 2.49. The van der Waals surface area contributed by atoms with Gasteiger partial charge in [-0.2, -0.15) is 0 Å². The number of rotatable bonds is 8. The minimum Gasteiger partial charge on any atom is -0.378 e. The summed E-state index contributed by atoms with van der Waals surface area (Å²) in [4.78, 5) is 23.5. The molecule has 1 fully saturated rings. The second kappa shape index (κ2) is 9.70. The highest BCUT2D eigenvalue weighted by Gasteiger charge is 2.36. The molecule has 0 saturated heterocycles. The number of unbranched alkanes of at least 4 members (excludes halogenated alkanes) is 3. The van der Waals surface area contributed by atoms with E-state index in [4.69, 9.17) is 16.4 Å². The molecule has 0 aliphatic heterocycles. The standard InChI is InChI=1S/C14H28N4O3/c1-2-3-4-5-6-21-12-8-10(13(19)17-15)7-11(9-12)14(20)18-16/h10-12H,2-9,15-16H2,1H3,(H,17,19)(H,18,20). The van der Waals surface area contributed by atoms with Crippen LogP contribution in [0.4, 0.5) is 0 Å². The first kappa shape index (κ1) is 17.9. The molecule has 7 nitrogen and oxygen atoms in total.